The predicted molar refractivity (Wildman–Crippen MR) is 60.7 cm³/mol. The fourth-order valence-corrected chi connectivity index (χ4v) is 3.37. The number of carbonyl (C=O) groups is 1. The standard InChI is InChI=1S/C9H18N2O5S/c1-7-8(9(12)13)3-5-11(7)17(14,15)10-4-6-16-2/h7-8,10H,3-6H2,1-2H3,(H,12,13). The lowest BCUT2D eigenvalue weighted by Gasteiger charge is -2.22. The molecule has 2 unspecified atom stereocenters. The second-order valence-corrected chi connectivity index (χ2v) is 5.68. The Morgan fingerprint density at radius 3 is 2.71 bits per heavy atom. The molecule has 0 aromatic rings. The largest absolute Gasteiger partial charge is 0.481 e. The molecule has 8 heteroatoms. The first-order valence-electron chi connectivity index (χ1n) is 5.38. The van der Waals surface area contributed by atoms with Crippen molar-refractivity contribution in [3.63, 3.8) is 0 Å². The molecule has 0 bridgehead atoms. The monoisotopic (exact) mass is 266 g/mol. The van der Waals surface area contributed by atoms with Gasteiger partial charge in [-0.15, -0.1) is 0 Å². The number of carboxylic acid groups (broad SMARTS) is 1. The molecule has 0 aromatic heterocycles. The van der Waals surface area contributed by atoms with E-state index in [1.165, 1.54) is 11.4 Å². The Bertz CT molecular complexity index is 370. The zero-order valence-electron chi connectivity index (χ0n) is 9.92. The highest BCUT2D eigenvalue weighted by atomic mass is 32.2. The van der Waals surface area contributed by atoms with Gasteiger partial charge in [-0.05, 0) is 13.3 Å². The summed E-state index contributed by atoms with van der Waals surface area (Å²) in [5.41, 5.74) is 0. The smallest absolute Gasteiger partial charge is 0.308 e. The molecule has 2 atom stereocenters. The quantitative estimate of drug-likeness (QED) is 0.617. The molecule has 0 amide bonds. The number of methoxy groups -OCH3 is 1. The van der Waals surface area contributed by atoms with Gasteiger partial charge in [0, 0.05) is 26.2 Å². The second kappa shape index (κ2) is 5.76. The highest BCUT2D eigenvalue weighted by Gasteiger charge is 2.41. The minimum absolute atomic E-state index is 0.180. The first kappa shape index (κ1) is 14.4. The summed E-state index contributed by atoms with van der Waals surface area (Å²) in [4.78, 5) is 10.9. The van der Waals surface area contributed by atoms with Gasteiger partial charge in [0.05, 0.1) is 12.5 Å². The van der Waals surface area contributed by atoms with Crippen molar-refractivity contribution < 1.29 is 23.1 Å². The molecule has 1 heterocycles. The van der Waals surface area contributed by atoms with Crippen LogP contribution in [-0.4, -0.2) is 56.6 Å². The second-order valence-electron chi connectivity index (χ2n) is 3.98. The van der Waals surface area contributed by atoms with Crippen LogP contribution in [0.25, 0.3) is 0 Å². The zero-order valence-corrected chi connectivity index (χ0v) is 10.7. The Balaban J connectivity index is 2.64. The van der Waals surface area contributed by atoms with Crippen molar-refractivity contribution in [2.24, 2.45) is 5.92 Å². The normalized spacial score (nSPS) is 26.2. The Kier molecular flexibility index (Phi) is 4.87. The van der Waals surface area contributed by atoms with E-state index in [0.717, 1.165) is 0 Å². The maximum absolute atomic E-state index is 11.9. The number of hydrogen-bond acceptors (Lipinski definition) is 4. The van der Waals surface area contributed by atoms with Crippen LogP contribution in [0.3, 0.4) is 0 Å². The van der Waals surface area contributed by atoms with Crippen LogP contribution in [0.5, 0.6) is 0 Å². The average molecular weight is 266 g/mol. The van der Waals surface area contributed by atoms with Crippen molar-refractivity contribution in [1.82, 2.24) is 9.03 Å². The molecule has 1 saturated heterocycles. The molecular formula is C9H18N2O5S. The van der Waals surface area contributed by atoms with Gasteiger partial charge in [0.25, 0.3) is 10.2 Å². The van der Waals surface area contributed by atoms with E-state index in [1.54, 1.807) is 6.92 Å². The number of ether oxygens (including phenoxy) is 1. The van der Waals surface area contributed by atoms with Gasteiger partial charge in [-0.2, -0.15) is 17.4 Å². The van der Waals surface area contributed by atoms with Gasteiger partial charge in [0.2, 0.25) is 0 Å². The number of nitrogens with zero attached hydrogens (tertiary/aromatic N) is 1. The van der Waals surface area contributed by atoms with Crippen molar-refractivity contribution >= 4 is 16.2 Å². The maximum Gasteiger partial charge on any atom is 0.308 e. The molecule has 0 saturated carbocycles. The predicted octanol–water partition coefficient (Wildman–Crippen LogP) is -0.738. The molecule has 1 fully saturated rings. The Hall–Kier alpha value is -0.700. The molecule has 1 aliphatic rings. The molecule has 7 nitrogen and oxygen atoms in total. The SMILES string of the molecule is COCCNS(=O)(=O)N1CCC(C(=O)O)C1C. The van der Waals surface area contributed by atoms with Crippen LogP contribution < -0.4 is 4.72 Å². The summed E-state index contributed by atoms with van der Waals surface area (Å²) in [7, 11) is -2.13. The minimum atomic E-state index is -3.61. The molecule has 0 radical (unpaired) electrons. The number of aliphatic carboxylic acids is 1. The van der Waals surface area contributed by atoms with Crippen molar-refractivity contribution in [1.29, 1.82) is 0 Å². The number of rotatable bonds is 6. The highest BCUT2D eigenvalue weighted by Crippen LogP contribution is 2.26. The van der Waals surface area contributed by atoms with Gasteiger partial charge < -0.3 is 9.84 Å². The van der Waals surface area contributed by atoms with Crippen molar-refractivity contribution in [3.05, 3.63) is 0 Å². The third-order valence-corrected chi connectivity index (χ3v) is 4.62. The summed E-state index contributed by atoms with van der Waals surface area (Å²) in [5, 5.41) is 8.92. The van der Waals surface area contributed by atoms with Gasteiger partial charge >= 0.3 is 5.97 Å². The van der Waals surface area contributed by atoms with E-state index in [1.807, 2.05) is 0 Å². The zero-order chi connectivity index (χ0) is 13.1. The van der Waals surface area contributed by atoms with Crippen molar-refractivity contribution in [2.75, 3.05) is 26.8 Å². The van der Waals surface area contributed by atoms with Crippen molar-refractivity contribution in [2.45, 2.75) is 19.4 Å². The molecule has 2 N–H and O–H groups in total. The van der Waals surface area contributed by atoms with E-state index in [9.17, 15) is 13.2 Å². The summed E-state index contributed by atoms with van der Waals surface area (Å²) in [6.45, 7) is 2.31. The first-order valence-corrected chi connectivity index (χ1v) is 6.82. The fraction of sp³-hybridized carbons (Fsp3) is 0.889. The van der Waals surface area contributed by atoms with Gasteiger partial charge in [0.1, 0.15) is 0 Å². The van der Waals surface area contributed by atoms with E-state index in [2.05, 4.69) is 4.72 Å². The van der Waals surface area contributed by atoms with E-state index in [4.69, 9.17) is 9.84 Å². The van der Waals surface area contributed by atoms with E-state index >= 15 is 0 Å². The van der Waals surface area contributed by atoms with Crippen LogP contribution in [0, 0.1) is 5.92 Å². The molecule has 1 aliphatic heterocycles. The van der Waals surface area contributed by atoms with E-state index in [-0.39, 0.29) is 19.7 Å². The molecule has 100 valence electrons. The topological polar surface area (TPSA) is 95.9 Å². The van der Waals surface area contributed by atoms with E-state index in [0.29, 0.717) is 6.42 Å². The molecular weight excluding hydrogens is 248 g/mol. The Labute approximate surface area is 101 Å². The third kappa shape index (κ3) is 3.38. The maximum atomic E-state index is 11.9. The summed E-state index contributed by atoms with van der Waals surface area (Å²) < 4.78 is 32.0. The summed E-state index contributed by atoms with van der Waals surface area (Å²) in [5.74, 6) is -1.58. The van der Waals surface area contributed by atoms with Crippen LogP contribution in [0.4, 0.5) is 0 Å². The Morgan fingerprint density at radius 1 is 1.59 bits per heavy atom. The molecule has 0 spiro atoms. The summed E-state index contributed by atoms with van der Waals surface area (Å²) >= 11 is 0. The lowest BCUT2D eigenvalue weighted by Crippen LogP contribution is -2.45. The number of nitrogens with one attached hydrogen (secondary N) is 1. The van der Waals surface area contributed by atoms with Crippen molar-refractivity contribution in [3.8, 4) is 0 Å². The average Bonchev–Trinajstić information content (AvgIpc) is 2.61. The highest BCUT2D eigenvalue weighted by molar-refractivity contribution is 7.87. The van der Waals surface area contributed by atoms with Crippen LogP contribution in [0.2, 0.25) is 0 Å². The molecule has 17 heavy (non-hydrogen) atoms. The summed E-state index contributed by atoms with van der Waals surface area (Å²) in [6.07, 6.45) is 0.349. The lowest BCUT2D eigenvalue weighted by molar-refractivity contribution is -0.142. The van der Waals surface area contributed by atoms with Crippen LogP contribution >= 0.6 is 0 Å². The third-order valence-electron chi connectivity index (χ3n) is 2.91. The molecule has 0 aromatic carbocycles. The number of carboxylic acids is 1. The van der Waals surface area contributed by atoms with Gasteiger partial charge in [-0.25, -0.2) is 0 Å². The van der Waals surface area contributed by atoms with Gasteiger partial charge in [0.15, 0.2) is 0 Å². The first-order chi connectivity index (χ1) is 7.90. The number of hydrogen-bond donors (Lipinski definition) is 2. The Morgan fingerprint density at radius 2 is 2.24 bits per heavy atom. The van der Waals surface area contributed by atoms with Crippen LogP contribution in [0.15, 0.2) is 0 Å². The molecule has 1 rings (SSSR count). The minimum Gasteiger partial charge on any atom is -0.481 e. The molecule has 0 aliphatic carbocycles. The fourth-order valence-electron chi connectivity index (χ4n) is 1.94. The van der Waals surface area contributed by atoms with Crippen LogP contribution in [-0.2, 0) is 19.7 Å². The lowest BCUT2D eigenvalue weighted by atomic mass is 10.0. The van der Waals surface area contributed by atoms with Gasteiger partial charge in [-0.3, -0.25) is 4.79 Å². The van der Waals surface area contributed by atoms with E-state index < -0.39 is 28.1 Å². The summed E-state index contributed by atoms with van der Waals surface area (Å²) in [6, 6.07) is -0.521. The van der Waals surface area contributed by atoms with Gasteiger partial charge in [-0.1, -0.05) is 0 Å². The van der Waals surface area contributed by atoms with Crippen LogP contribution in [0.1, 0.15) is 13.3 Å².